The largest absolute Gasteiger partial charge is 0.490 e. The number of hydrogen-bond acceptors (Lipinski definition) is 10. The third-order valence-electron chi connectivity index (χ3n) is 6.47. The van der Waals surface area contributed by atoms with E-state index in [0.29, 0.717) is 30.3 Å². The van der Waals surface area contributed by atoms with E-state index < -0.39 is 31.6 Å². The molecule has 1 atom stereocenters. The number of terminal acetylenes is 1. The topological polar surface area (TPSA) is 145 Å². The first-order chi connectivity index (χ1) is 23.5. The molecule has 1 unspecified atom stereocenters. The van der Waals surface area contributed by atoms with E-state index in [-0.39, 0.29) is 19.8 Å². The number of carbonyl (C=O) groups is 2. The number of hydrogen-bond donors (Lipinski definition) is 3. The van der Waals surface area contributed by atoms with Gasteiger partial charge in [-0.25, -0.2) is 14.2 Å². The maximum atomic E-state index is 14.7. The molecule has 12 nitrogen and oxygen atoms in total. The van der Waals surface area contributed by atoms with Crippen molar-refractivity contribution in [1.82, 2.24) is 10.6 Å². The Morgan fingerprint density at radius 3 is 1.90 bits per heavy atom. The fraction of sp³-hybridized carbons (Fsp3) is 0.333. The van der Waals surface area contributed by atoms with Crippen molar-refractivity contribution in [1.29, 1.82) is 0 Å². The van der Waals surface area contributed by atoms with Crippen molar-refractivity contribution >= 4 is 25.3 Å². The van der Waals surface area contributed by atoms with Gasteiger partial charge in [0.1, 0.15) is 24.7 Å². The van der Waals surface area contributed by atoms with Gasteiger partial charge in [0.15, 0.2) is 5.78 Å². The molecule has 0 bridgehead atoms. The predicted octanol–water partition coefficient (Wildman–Crippen LogP) is 5.47. The second-order valence-electron chi connectivity index (χ2n) is 10.0. The number of rotatable bonds is 15. The van der Waals surface area contributed by atoms with E-state index in [1.54, 1.807) is 48.5 Å². The summed E-state index contributed by atoms with van der Waals surface area (Å²) in [6.07, 6.45) is -0.741. The lowest BCUT2D eigenvalue weighted by Gasteiger charge is -2.31. The molecular formula is C33H37F3N3O9P. The van der Waals surface area contributed by atoms with Crippen LogP contribution in [0, 0.1) is 12.3 Å². The van der Waals surface area contributed by atoms with Crippen molar-refractivity contribution in [2.24, 2.45) is 0 Å². The van der Waals surface area contributed by atoms with Crippen LogP contribution in [-0.2, 0) is 23.6 Å². The van der Waals surface area contributed by atoms with Gasteiger partial charge < -0.3 is 43.9 Å². The van der Waals surface area contributed by atoms with Crippen LogP contribution in [0.2, 0.25) is 0 Å². The SMILES string of the molecule is C#CCOCCOCCOC(=O)NC(c1ccc(N2CCNCC2)cc1)P(=O)(Oc1ccccc1)Oc1ccccc1.O=C(O)C(F)(F)F. The molecule has 0 aromatic heterocycles. The van der Waals surface area contributed by atoms with Crippen molar-refractivity contribution in [3.63, 3.8) is 0 Å². The highest BCUT2D eigenvalue weighted by Crippen LogP contribution is 2.59. The molecule has 49 heavy (non-hydrogen) atoms. The van der Waals surface area contributed by atoms with Crippen molar-refractivity contribution < 1.29 is 55.7 Å². The van der Waals surface area contributed by atoms with E-state index in [9.17, 15) is 22.5 Å². The number of carboxylic acid groups (broad SMARTS) is 1. The van der Waals surface area contributed by atoms with Crippen LogP contribution in [0.25, 0.3) is 0 Å². The van der Waals surface area contributed by atoms with Gasteiger partial charge in [-0.3, -0.25) is 0 Å². The van der Waals surface area contributed by atoms with E-state index in [1.807, 2.05) is 36.4 Å². The van der Waals surface area contributed by atoms with E-state index >= 15 is 0 Å². The summed E-state index contributed by atoms with van der Waals surface area (Å²) in [6.45, 7) is 4.49. The number of anilines is 1. The minimum absolute atomic E-state index is 0.0288. The minimum Gasteiger partial charge on any atom is -0.475 e. The Hall–Kier alpha value is -4.74. The zero-order valence-corrected chi connectivity index (χ0v) is 27.2. The molecule has 3 N–H and O–H groups in total. The Morgan fingerprint density at radius 2 is 1.39 bits per heavy atom. The summed E-state index contributed by atoms with van der Waals surface area (Å²) >= 11 is 0. The number of nitrogens with one attached hydrogen (secondary N) is 2. The van der Waals surface area contributed by atoms with E-state index in [0.717, 1.165) is 31.9 Å². The van der Waals surface area contributed by atoms with Gasteiger partial charge in [0, 0.05) is 31.9 Å². The number of alkyl halides is 3. The predicted molar refractivity (Wildman–Crippen MR) is 175 cm³/mol. The summed E-state index contributed by atoms with van der Waals surface area (Å²) < 4.78 is 74.4. The number of ether oxygens (including phenoxy) is 3. The smallest absolute Gasteiger partial charge is 0.475 e. The molecule has 3 aromatic carbocycles. The van der Waals surface area contributed by atoms with Gasteiger partial charge >= 0.3 is 25.8 Å². The number of amides is 1. The highest BCUT2D eigenvalue weighted by atomic mass is 31.2. The highest BCUT2D eigenvalue weighted by molar-refractivity contribution is 7.55. The van der Waals surface area contributed by atoms with Crippen LogP contribution in [0.3, 0.4) is 0 Å². The number of aliphatic carboxylic acids is 1. The Balaban J connectivity index is 0.000000838. The monoisotopic (exact) mass is 707 g/mol. The summed E-state index contributed by atoms with van der Waals surface area (Å²) in [5.74, 6) is -0.919. The van der Waals surface area contributed by atoms with Gasteiger partial charge in [-0.2, -0.15) is 13.2 Å². The maximum Gasteiger partial charge on any atom is 0.490 e. The fourth-order valence-corrected chi connectivity index (χ4v) is 6.09. The Bertz CT molecular complexity index is 1470. The quantitative estimate of drug-likeness (QED) is 0.105. The van der Waals surface area contributed by atoms with Gasteiger partial charge in [-0.15, -0.1) is 6.42 Å². The Morgan fingerprint density at radius 1 is 0.878 bits per heavy atom. The molecule has 0 spiro atoms. The maximum absolute atomic E-state index is 14.7. The molecular weight excluding hydrogens is 670 g/mol. The van der Waals surface area contributed by atoms with Gasteiger partial charge in [-0.1, -0.05) is 54.5 Å². The average molecular weight is 708 g/mol. The summed E-state index contributed by atoms with van der Waals surface area (Å²) in [7, 11) is -4.16. The van der Waals surface area contributed by atoms with E-state index in [2.05, 4.69) is 21.5 Å². The number of piperazine rings is 1. The van der Waals surface area contributed by atoms with Crippen LogP contribution in [-0.4, -0.2) is 82.6 Å². The molecule has 1 aliphatic rings. The second kappa shape index (κ2) is 19.9. The van der Waals surface area contributed by atoms with Crippen LogP contribution < -0.4 is 24.6 Å². The fourth-order valence-electron chi connectivity index (χ4n) is 4.21. The number of alkyl carbamates (subject to hydrolysis) is 1. The molecule has 4 rings (SSSR count). The molecule has 1 aliphatic heterocycles. The minimum atomic E-state index is -5.08. The number of para-hydroxylation sites is 2. The average Bonchev–Trinajstić information content (AvgIpc) is 3.09. The molecule has 0 aliphatic carbocycles. The third kappa shape index (κ3) is 13.7. The molecule has 16 heteroatoms. The van der Waals surface area contributed by atoms with Gasteiger partial charge in [-0.05, 0) is 42.0 Å². The molecule has 0 radical (unpaired) electrons. The van der Waals surface area contributed by atoms with Crippen molar-refractivity contribution in [3.05, 3.63) is 90.5 Å². The Labute approximate surface area is 282 Å². The number of benzene rings is 3. The van der Waals surface area contributed by atoms with Crippen LogP contribution in [0.4, 0.5) is 23.7 Å². The van der Waals surface area contributed by atoms with E-state index in [4.69, 9.17) is 39.6 Å². The van der Waals surface area contributed by atoms with Crippen molar-refractivity contribution in [2.45, 2.75) is 12.0 Å². The van der Waals surface area contributed by atoms with Gasteiger partial charge in [0.05, 0.1) is 19.8 Å². The molecule has 1 heterocycles. The standard InChI is InChI=1S/C31H36N3O7P.C2HF3O2/c1-2-21-37-22-23-38-24-25-39-31(35)33-30(26-13-15-27(16-14-26)34-19-17-32-18-20-34)42(36,40-28-9-5-3-6-10-28)41-29-11-7-4-8-12-29;3-2(4,5)1(6)7/h1,3-16,30,32H,17-25H2,(H,33,35);(H,6,7). The molecule has 1 saturated heterocycles. The van der Waals surface area contributed by atoms with Crippen LogP contribution in [0.5, 0.6) is 11.5 Å². The van der Waals surface area contributed by atoms with Crippen LogP contribution in [0.15, 0.2) is 84.9 Å². The van der Waals surface area contributed by atoms with Crippen LogP contribution in [0.1, 0.15) is 11.3 Å². The summed E-state index contributed by atoms with van der Waals surface area (Å²) in [4.78, 5) is 24.1. The third-order valence-corrected chi connectivity index (χ3v) is 8.46. The second-order valence-corrected chi connectivity index (χ2v) is 12.0. The first-order valence-electron chi connectivity index (χ1n) is 15.0. The summed E-state index contributed by atoms with van der Waals surface area (Å²) in [6, 6.07) is 24.9. The molecule has 0 saturated carbocycles. The number of carboxylic acids is 1. The molecule has 1 fully saturated rings. The molecule has 3 aromatic rings. The molecule has 1 amide bonds. The van der Waals surface area contributed by atoms with Gasteiger partial charge in [0.2, 0.25) is 0 Å². The van der Waals surface area contributed by atoms with Crippen molar-refractivity contribution in [3.8, 4) is 23.8 Å². The number of halogens is 3. The van der Waals surface area contributed by atoms with Gasteiger partial charge in [0.25, 0.3) is 0 Å². The van der Waals surface area contributed by atoms with E-state index in [1.165, 1.54) is 0 Å². The molecule has 264 valence electrons. The number of carbonyl (C=O) groups excluding carboxylic acids is 1. The highest BCUT2D eigenvalue weighted by Gasteiger charge is 2.42. The number of nitrogens with zero attached hydrogens (tertiary/aromatic N) is 1. The lowest BCUT2D eigenvalue weighted by molar-refractivity contribution is -0.192. The van der Waals surface area contributed by atoms with Crippen molar-refractivity contribution in [2.75, 3.05) is 64.1 Å². The Kier molecular flexibility index (Phi) is 15.7. The van der Waals surface area contributed by atoms with Crippen LogP contribution >= 0.6 is 7.60 Å². The lowest BCUT2D eigenvalue weighted by atomic mass is 10.2. The zero-order chi connectivity index (χ0) is 35.5. The normalized spacial score (nSPS) is 13.6. The first kappa shape index (κ1) is 38.7. The first-order valence-corrected chi connectivity index (χ1v) is 16.6. The zero-order valence-electron chi connectivity index (χ0n) is 26.3. The summed E-state index contributed by atoms with van der Waals surface area (Å²) in [5.41, 5.74) is 1.55. The summed E-state index contributed by atoms with van der Waals surface area (Å²) in [5, 5.41) is 13.2. The lowest BCUT2D eigenvalue weighted by Crippen LogP contribution is -2.43.